The van der Waals surface area contributed by atoms with E-state index in [1.54, 1.807) is 12.5 Å². The van der Waals surface area contributed by atoms with Crippen molar-refractivity contribution in [3.63, 3.8) is 0 Å². The van der Waals surface area contributed by atoms with Crippen LogP contribution in [0.5, 0.6) is 0 Å². The zero-order valence-corrected chi connectivity index (χ0v) is 25.3. The fourth-order valence-electron chi connectivity index (χ4n) is 4.82. The van der Waals surface area contributed by atoms with Crippen LogP contribution in [-0.2, 0) is 17.1 Å². The van der Waals surface area contributed by atoms with Gasteiger partial charge in [0.15, 0.2) is 0 Å². The van der Waals surface area contributed by atoms with E-state index in [4.69, 9.17) is 8.83 Å². The van der Waals surface area contributed by atoms with E-state index in [2.05, 4.69) is 112 Å². The van der Waals surface area contributed by atoms with Crippen molar-refractivity contribution >= 4 is 42.8 Å². The van der Waals surface area contributed by atoms with Crippen LogP contribution in [0, 0.1) is 19.9 Å². The number of benzene rings is 2. The predicted molar refractivity (Wildman–Crippen MR) is 164 cm³/mol. The Morgan fingerprint density at radius 1 is 0.769 bits per heavy atom. The topological polar surface area (TPSA) is 26.3 Å². The van der Waals surface area contributed by atoms with Gasteiger partial charge >= 0.3 is 17.1 Å². The average Bonchev–Trinajstić information content (AvgIpc) is 3.77. The molecule has 0 N–H and O–H groups in total. The summed E-state index contributed by atoms with van der Waals surface area (Å²) in [7, 11) is -1.50. The SMILES string of the molecule is Cc1ccccc1P(c1ccccc1C)[C@H](C)[c-]1cccc1P(c1ccco1)c1ccco1.[C-]1=CC=CC1.[Fe+2]. The molecule has 0 amide bonds. The van der Waals surface area contributed by atoms with E-state index in [1.807, 2.05) is 24.3 Å². The minimum Gasteiger partial charge on any atom is -0.464 e. The van der Waals surface area contributed by atoms with Crippen molar-refractivity contribution in [2.24, 2.45) is 0 Å². The second-order valence-corrected chi connectivity index (χ2v) is 13.7. The summed E-state index contributed by atoms with van der Waals surface area (Å²) in [6.07, 6.45) is 13.5. The van der Waals surface area contributed by atoms with E-state index in [0.29, 0.717) is 5.66 Å². The van der Waals surface area contributed by atoms with Crippen molar-refractivity contribution in [1.29, 1.82) is 0 Å². The van der Waals surface area contributed by atoms with Crippen molar-refractivity contribution < 1.29 is 25.9 Å². The largest absolute Gasteiger partial charge is 2.00 e. The monoisotopic (exact) mass is 590 g/mol. The minimum atomic E-state index is -0.889. The van der Waals surface area contributed by atoms with Crippen molar-refractivity contribution in [2.45, 2.75) is 32.9 Å². The smallest absolute Gasteiger partial charge is 0.464 e. The van der Waals surface area contributed by atoms with Crippen LogP contribution in [0.4, 0.5) is 0 Å². The van der Waals surface area contributed by atoms with Crippen molar-refractivity contribution in [3.05, 3.63) is 145 Å². The summed E-state index contributed by atoms with van der Waals surface area (Å²) in [6, 6.07) is 32.5. The summed E-state index contributed by atoms with van der Waals surface area (Å²) in [5.41, 5.74) is 6.36. The Kier molecular flexibility index (Phi) is 10.5. The summed E-state index contributed by atoms with van der Waals surface area (Å²) in [5.74, 6) is 0. The number of aryl methyl sites for hydroxylation is 2. The molecule has 2 heterocycles. The van der Waals surface area contributed by atoms with Gasteiger partial charge in [-0.05, 0) is 73.4 Å². The van der Waals surface area contributed by atoms with Crippen molar-refractivity contribution in [3.8, 4) is 0 Å². The molecular formula is C34H32FeO2P2. The number of rotatable bonds is 7. The molecule has 1 atom stereocenters. The summed E-state index contributed by atoms with van der Waals surface area (Å²) in [5, 5.41) is 4.21. The molecule has 1 aliphatic rings. The minimum absolute atomic E-state index is 0. The normalized spacial score (nSPS) is 12.8. The van der Waals surface area contributed by atoms with Gasteiger partial charge in [-0.15, -0.1) is 17.3 Å². The van der Waals surface area contributed by atoms with Crippen LogP contribution in [0.25, 0.3) is 0 Å². The molecule has 198 valence electrons. The van der Waals surface area contributed by atoms with E-state index >= 15 is 0 Å². The fraction of sp³-hybridized carbons (Fsp3) is 0.147. The molecule has 0 aliphatic heterocycles. The van der Waals surface area contributed by atoms with Crippen molar-refractivity contribution in [2.75, 3.05) is 0 Å². The van der Waals surface area contributed by atoms with Gasteiger partial charge in [0, 0.05) is 7.92 Å². The van der Waals surface area contributed by atoms with Gasteiger partial charge in [-0.2, -0.15) is 12.1 Å². The van der Waals surface area contributed by atoms with Gasteiger partial charge in [-0.3, -0.25) is 6.08 Å². The summed E-state index contributed by atoms with van der Waals surface area (Å²) in [4.78, 5) is 0. The number of hydrogen-bond donors (Lipinski definition) is 0. The Hall–Kier alpha value is -2.79. The summed E-state index contributed by atoms with van der Waals surface area (Å²) >= 11 is 0. The first-order chi connectivity index (χ1) is 18.6. The fourth-order valence-corrected chi connectivity index (χ4v) is 10.2. The standard InChI is InChI=1S/C29H27O2P2.C5H5.Fe/c1-21-11-4-6-14-25(21)32(26-15-7-5-12-22(26)2)23(3)24-13-8-16-27(24)33(28-17-9-19-30-28)29-18-10-20-31-29;1-2-4-5-3-1;/h4-20,23H,1-3H3;1-3H,4H2;/q2*-1;+2/t23-;;/m1../s1. The molecule has 1 aliphatic carbocycles. The van der Waals surface area contributed by atoms with E-state index in [-0.39, 0.29) is 17.1 Å². The Bertz CT molecular complexity index is 1410. The molecule has 0 radical (unpaired) electrons. The van der Waals surface area contributed by atoms with Gasteiger partial charge < -0.3 is 8.83 Å². The van der Waals surface area contributed by atoms with Gasteiger partial charge in [0.05, 0.1) is 12.5 Å². The maximum Gasteiger partial charge on any atom is 2.00 e. The first-order valence-electron chi connectivity index (χ1n) is 12.9. The van der Waals surface area contributed by atoms with Gasteiger partial charge in [-0.25, -0.2) is 24.3 Å². The summed E-state index contributed by atoms with van der Waals surface area (Å²) < 4.78 is 11.8. The van der Waals surface area contributed by atoms with E-state index in [9.17, 15) is 0 Å². The third-order valence-corrected chi connectivity index (χ3v) is 12.1. The van der Waals surface area contributed by atoms with Crippen LogP contribution >= 0.6 is 15.8 Å². The zero-order chi connectivity index (χ0) is 26.3. The Balaban J connectivity index is 0.000000530. The van der Waals surface area contributed by atoms with Gasteiger partial charge in [0.2, 0.25) is 0 Å². The van der Waals surface area contributed by atoms with Crippen LogP contribution in [-0.4, -0.2) is 0 Å². The second-order valence-electron chi connectivity index (χ2n) is 9.23. The molecule has 0 unspecified atom stereocenters. The van der Waals surface area contributed by atoms with Crippen LogP contribution in [0.1, 0.15) is 35.7 Å². The first kappa shape index (κ1) is 29.2. The molecule has 39 heavy (non-hydrogen) atoms. The molecule has 0 spiro atoms. The van der Waals surface area contributed by atoms with Crippen LogP contribution < -0.4 is 26.9 Å². The summed E-state index contributed by atoms with van der Waals surface area (Å²) in [6.45, 7) is 6.86. The third kappa shape index (κ3) is 6.69. The quantitative estimate of drug-likeness (QED) is 0.112. The second kappa shape index (κ2) is 14.0. The van der Waals surface area contributed by atoms with Gasteiger partial charge in [0.1, 0.15) is 11.0 Å². The third-order valence-electron chi connectivity index (χ3n) is 6.69. The molecule has 6 rings (SSSR count). The van der Waals surface area contributed by atoms with Crippen LogP contribution in [0.2, 0.25) is 0 Å². The molecule has 0 saturated heterocycles. The molecule has 3 aromatic carbocycles. The Morgan fingerprint density at radius 3 is 1.79 bits per heavy atom. The number of allylic oxidation sites excluding steroid dienone is 4. The maximum absolute atomic E-state index is 5.92. The number of furan rings is 2. The number of hydrogen-bond acceptors (Lipinski definition) is 2. The molecule has 5 heteroatoms. The van der Waals surface area contributed by atoms with E-state index in [1.165, 1.54) is 32.6 Å². The van der Waals surface area contributed by atoms with Gasteiger partial charge in [-0.1, -0.05) is 55.5 Å². The predicted octanol–water partition coefficient (Wildman–Crippen LogP) is 7.46. The molecule has 2 nitrogen and oxygen atoms in total. The zero-order valence-electron chi connectivity index (χ0n) is 22.4. The van der Waals surface area contributed by atoms with Gasteiger partial charge in [0.25, 0.3) is 0 Å². The Labute approximate surface area is 245 Å². The molecule has 0 bridgehead atoms. The van der Waals surface area contributed by atoms with E-state index in [0.717, 1.165) is 17.4 Å². The molecule has 5 aromatic rings. The van der Waals surface area contributed by atoms with Crippen LogP contribution in [0.3, 0.4) is 0 Å². The molecule has 0 saturated carbocycles. The molecule has 2 aromatic heterocycles. The first-order valence-corrected chi connectivity index (χ1v) is 15.7. The maximum atomic E-state index is 5.92. The van der Waals surface area contributed by atoms with E-state index < -0.39 is 15.8 Å². The van der Waals surface area contributed by atoms with Crippen molar-refractivity contribution in [1.82, 2.24) is 0 Å². The molecular weight excluding hydrogens is 558 g/mol. The average molecular weight is 590 g/mol. The Morgan fingerprint density at radius 2 is 1.36 bits per heavy atom. The van der Waals surface area contributed by atoms with Crippen LogP contribution in [0.15, 0.2) is 131 Å². The molecule has 0 fully saturated rings.